The van der Waals surface area contributed by atoms with Crippen LogP contribution in [0.15, 0.2) is 193 Å². The Morgan fingerprint density at radius 1 is 0.542 bits per heavy atom. The number of nitrogens with one attached hydrogen (secondary N) is 4. The summed E-state index contributed by atoms with van der Waals surface area (Å²) < 4.78 is 0. The van der Waals surface area contributed by atoms with Crippen LogP contribution in [0.1, 0.15) is 88.3 Å². The number of carbonyl (C=O) groups excluding carboxylic acids is 4. The van der Waals surface area contributed by atoms with Gasteiger partial charge in [-0.2, -0.15) is 0 Å². The number of guanidine groups is 1. The molecule has 14 heteroatoms. The average molecular weight is 1110 g/mol. The van der Waals surface area contributed by atoms with Crippen molar-refractivity contribution in [1.82, 2.24) is 36.0 Å². The number of aliphatic imine (C=N–C) groups is 1. The molecule has 4 amide bonds. The Labute approximate surface area is 487 Å². The van der Waals surface area contributed by atoms with Gasteiger partial charge in [0.15, 0.2) is 5.96 Å². The first kappa shape index (κ1) is 57.8. The number of nitrogens with two attached hydrogens (primary N) is 2. The molecule has 83 heavy (non-hydrogen) atoms. The molecule has 0 unspecified atom stereocenters. The number of carbonyl (C=O) groups is 4. The van der Waals surface area contributed by atoms with Gasteiger partial charge in [-0.05, 0) is 138 Å². The molecule has 0 aliphatic carbocycles. The Bertz CT molecular complexity index is 3450. The van der Waals surface area contributed by atoms with Gasteiger partial charge in [-0.15, -0.1) is 0 Å². The molecule has 11 rings (SSSR count). The lowest BCUT2D eigenvalue weighted by Crippen LogP contribution is -2.49. The van der Waals surface area contributed by atoms with Crippen molar-refractivity contribution in [3.05, 3.63) is 216 Å². The van der Waals surface area contributed by atoms with E-state index in [1.54, 1.807) is 0 Å². The van der Waals surface area contributed by atoms with Crippen molar-refractivity contribution in [2.24, 2.45) is 16.5 Å². The minimum Gasteiger partial charge on any atom is -0.370 e. The van der Waals surface area contributed by atoms with Gasteiger partial charge in [-0.3, -0.25) is 24.2 Å². The van der Waals surface area contributed by atoms with Crippen molar-refractivity contribution in [1.29, 1.82) is 0 Å². The SMILES string of the molecule is NC(N)=NCCC[C@@H]1N[C@H](CNC(=O)c2ccc3ccccc3c2)CCN(Cc2cccc3ccccc23)C1=O.O=C(NC[C@@H]1CCN(CC(c2ccccc2)c2ccccc2)C(=O)[C@H](CCCN2CCC2)N1)c1ccc2ccccc2c1. The third-order valence-corrected chi connectivity index (χ3v) is 16.5. The molecule has 0 saturated carbocycles. The van der Waals surface area contributed by atoms with Crippen LogP contribution in [0.2, 0.25) is 0 Å². The van der Waals surface area contributed by atoms with Crippen LogP contribution >= 0.6 is 0 Å². The van der Waals surface area contributed by atoms with E-state index in [2.05, 4.69) is 115 Å². The van der Waals surface area contributed by atoms with E-state index >= 15 is 0 Å². The summed E-state index contributed by atoms with van der Waals surface area (Å²) in [4.78, 5) is 64.5. The quantitative estimate of drug-likeness (QED) is 0.0246. The highest BCUT2D eigenvalue weighted by Gasteiger charge is 2.34. The van der Waals surface area contributed by atoms with Crippen LogP contribution in [0.25, 0.3) is 32.3 Å². The van der Waals surface area contributed by atoms with Gasteiger partial charge in [0.1, 0.15) is 0 Å². The highest BCUT2D eigenvalue weighted by molar-refractivity contribution is 5.99. The van der Waals surface area contributed by atoms with Crippen LogP contribution in [-0.2, 0) is 16.1 Å². The van der Waals surface area contributed by atoms with Crippen molar-refractivity contribution in [3.8, 4) is 0 Å². The molecule has 8 N–H and O–H groups in total. The average Bonchev–Trinajstić information content (AvgIpc) is 4.04. The van der Waals surface area contributed by atoms with E-state index in [0.717, 1.165) is 83.2 Å². The Hall–Kier alpha value is -8.43. The zero-order chi connectivity index (χ0) is 57.3. The van der Waals surface area contributed by atoms with Crippen LogP contribution in [-0.4, -0.2) is 127 Å². The summed E-state index contributed by atoms with van der Waals surface area (Å²) in [5.74, 6) is 0.164. The van der Waals surface area contributed by atoms with Crippen LogP contribution in [0.4, 0.5) is 0 Å². The predicted molar refractivity (Wildman–Crippen MR) is 334 cm³/mol. The van der Waals surface area contributed by atoms with Crippen molar-refractivity contribution in [2.45, 2.75) is 81.6 Å². The largest absolute Gasteiger partial charge is 0.370 e. The van der Waals surface area contributed by atoms with E-state index in [0.29, 0.717) is 69.8 Å². The van der Waals surface area contributed by atoms with E-state index in [9.17, 15) is 19.2 Å². The molecular weight excluding hydrogens is 1030 g/mol. The summed E-state index contributed by atoms with van der Waals surface area (Å²) >= 11 is 0. The minimum atomic E-state index is -0.394. The smallest absolute Gasteiger partial charge is 0.251 e. The third kappa shape index (κ3) is 15.6. The van der Waals surface area contributed by atoms with Gasteiger partial charge in [0, 0.05) is 74.9 Å². The number of likely N-dealkylation sites (tertiary alicyclic amines) is 1. The molecule has 8 aromatic carbocycles. The molecule has 0 spiro atoms. The first-order valence-corrected chi connectivity index (χ1v) is 29.6. The molecular formula is C69H78N10O4. The second kappa shape index (κ2) is 28.5. The van der Waals surface area contributed by atoms with Crippen LogP contribution in [0, 0.1) is 0 Å². The third-order valence-electron chi connectivity index (χ3n) is 16.5. The van der Waals surface area contributed by atoms with Crippen LogP contribution < -0.4 is 32.7 Å². The van der Waals surface area contributed by atoms with Gasteiger partial charge in [0.2, 0.25) is 11.8 Å². The number of benzene rings is 8. The topological polar surface area (TPSA) is 191 Å². The fraction of sp³-hybridized carbons (Fsp3) is 0.319. The molecule has 0 bridgehead atoms. The molecule has 4 atom stereocenters. The first-order chi connectivity index (χ1) is 40.6. The van der Waals surface area contributed by atoms with Crippen molar-refractivity contribution < 1.29 is 19.2 Å². The molecule has 0 radical (unpaired) electrons. The highest BCUT2D eigenvalue weighted by Crippen LogP contribution is 2.28. The van der Waals surface area contributed by atoms with Crippen molar-refractivity contribution in [2.75, 3.05) is 58.9 Å². The fourth-order valence-corrected chi connectivity index (χ4v) is 11.8. The van der Waals surface area contributed by atoms with Gasteiger partial charge in [0.25, 0.3) is 11.8 Å². The molecule has 14 nitrogen and oxygen atoms in total. The van der Waals surface area contributed by atoms with Crippen LogP contribution in [0.5, 0.6) is 0 Å². The summed E-state index contributed by atoms with van der Waals surface area (Å²) in [5.41, 5.74) is 15.8. The first-order valence-electron chi connectivity index (χ1n) is 29.6. The van der Waals surface area contributed by atoms with Gasteiger partial charge < -0.3 is 47.4 Å². The minimum absolute atomic E-state index is 0.0132. The maximum Gasteiger partial charge on any atom is 0.251 e. The number of hydrogen-bond acceptors (Lipinski definition) is 8. The Morgan fingerprint density at radius 2 is 1.04 bits per heavy atom. The Balaban J connectivity index is 0.000000186. The molecule has 8 aromatic rings. The molecule has 428 valence electrons. The standard InChI is InChI=1S/C37H42N4O2.C32H36N6O2/c42-36(32-19-18-28-11-7-8-16-31(28)25-32)38-26-33-20-24-41(37(43)35(39-33)17-9-21-40-22-10-23-40)27-34(29-12-3-1-4-13-29)30-14-5-2-6-15-30;33-32(34)35-17-6-13-29-31(40)38(21-26-11-5-10-23-8-3-4-12-28(23)26)18-16-27(37-29)20-36-30(39)25-15-14-22-7-1-2-9-24(22)19-25/h1-8,11-16,18-19,25,33-35,39H,9-10,17,20-24,26-27H2,(H,38,42);1-5,7-12,14-15,19,27,29,37H,6,13,16-18,20-21H2,(H,36,39)(H4,33,34,35)/t33-,35-;27-,29-/m00/s1. The van der Waals surface area contributed by atoms with Gasteiger partial charge >= 0.3 is 0 Å². The van der Waals surface area contributed by atoms with Gasteiger partial charge in [0.05, 0.1) is 12.1 Å². The van der Waals surface area contributed by atoms with E-state index in [-0.39, 0.29) is 53.6 Å². The van der Waals surface area contributed by atoms with Gasteiger partial charge in [-0.25, -0.2) is 0 Å². The van der Waals surface area contributed by atoms with Crippen LogP contribution in [0.3, 0.4) is 0 Å². The number of rotatable bonds is 20. The van der Waals surface area contributed by atoms with E-state index in [1.807, 2.05) is 114 Å². The summed E-state index contributed by atoms with van der Waals surface area (Å²) in [5, 5.41) is 20.0. The zero-order valence-corrected chi connectivity index (χ0v) is 47.4. The number of hydrogen-bond donors (Lipinski definition) is 6. The maximum absolute atomic E-state index is 14.1. The second-order valence-corrected chi connectivity index (χ2v) is 22.3. The second-order valence-electron chi connectivity index (χ2n) is 22.3. The normalized spacial score (nSPS) is 18.4. The molecule has 3 aliphatic heterocycles. The Kier molecular flexibility index (Phi) is 19.9. The number of nitrogens with zero attached hydrogens (tertiary/aromatic N) is 4. The monoisotopic (exact) mass is 1110 g/mol. The van der Waals surface area contributed by atoms with Crippen molar-refractivity contribution >= 4 is 61.9 Å². The fourth-order valence-electron chi connectivity index (χ4n) is 11.8. The summed E-state index contributed by atoms with van der Waals surface area (Å²) in [6.45, 7) is 7.13. The lowest BCUT2D eigenvalue weighted by atomic mass is 9.90. The Morgan fingerprint density at radius 3 is 1.59 bits per heavy atom. The maximum atomic E-state index is 14.1. The molecule has 0 aromatic heterocycles. The predicted octanol–water partition coefficient (Wildman–Crippen LogP) is 8.98. The summed E-state index contributed by atoms with van der Waals surface area (Å²) in [7, 11) is 0. The molecule has 3 fully saturated rings. The van der Waals surface area contributed by atoms with Gasteiger partial charge in [-0.1, -0.05) is 164 Å². The molecule has 3 heterocycles. The lowest BCUT2D eigenvalue weighted by Gasteiger charge is -2.32. The van der Waals surface area contributed by atoms with E-state index in [4.69, 9.17) is 11.5 Å². The molecule has 3 aliphatic rings. The zero-order valence-electron chi connectivity index (χ0n) is 47.4. The summed E-state index contributed by atoms with van der Waals surface area (Å²) in [6, 6.07) is 62.4. The van der Waals surface area contributed by atoms with E-state index < -0.39 is 6.04 Å². The number of amides is 4. The molecule has 3 saturated heterocycles. The number of fused-ring (bicyclic) bond motifs is 3. The lowest BCUT2D eigenvalue weighted by molar-refractivity contribution is -0.134. The summed E-state index contributed by atoms with van der Waals surface area (Å²) in [6.07, 6.45) is 5.81. The van der Waals surface area contributed by atoms with E-state index in [1.165, 1.54) is 17.5 Å². The van der Waals surface area contributed by atoms with Crippen molar-refractivity contribution in [3.63, 3.8) is 0 Å². The highest BCUT2D eigenvalue weighted by atomic mass is 16.2.